The van der Waals surface area contributed by atoms with E-state index in [2.05, 4.69) is 4.98 Å². The fourth-order valence-corrected chi connectivity index (χ4v) is 2.60. The van der Waals surface area contributed by atoms with Crippen LogP contribution in [0.5, 0.6) is 5.88 Å². The Balaban J connectivity index is 0.00000225. The van der Waals surface area contributed by atoms with Crippen LogP contribution < -0.4 is 5.73 Å². The van der Waals surface area contributed by atoms with E-state index in [0.29, 0.717) is 10.8 Å². The summed E-state index contributed by atoms with van der Waals surface area (Å²) < 4.78 is 28.6. The maximum Gasteiger partial charge on any atom is 0.218 e. The molecule has 25 heavy (non-hydrogen) atoms. The van der Waals surface area contributed by atoms with E-state index in [1.807, 2.05) is 0 Å². The summed E-state index contributed by atoms with van der Waals surface area (Å²) in [5, 5.41) is 10.5. The molecular formula is C18H15ClF2N2O2. The first-order chi connectivity index (χ1) is 11.4. The van der Waals surface area contributed by atoms with Crippen LogP contribution >= 0.6 is 12.4 Å². The molecule has 3 N–H and O–H groups in total. The van der Waals surface area contributed by atoms with Crippen molar-refractivity contribution in [3.63, 3.8) is 0 Å². The Bertz CT molecular complexity index is 938. The molecule has 0 fully saturated rings. The number of hydrogen-bond acceptors (Lipinski definition) is 4. The number of aromatic hydroxyl groups is 1. The zero-order chi connectivity index (χ0) is 17.4. The Kier molecular flexibility index (Phi) is 5.35. The number of carbonyl (C=O) groups excluding carboxylic acids is 1. The molecule has 0 aliphatic rings. The summed E-state index contributed by atoms with van der Waals surface area (Å²) in [5.74, 6) is -3.00. The van der Waals surface area contributed by atoms with Gasteiger partial charge in [0.25, 0.3) is 0 Å². The minimum atomic E-state index is -0.970. The number of halogens is 3. The SMILES string of the molecule is C[C@H](N)c1cc(F)c(C(=O)c2cccc3c(O)nccc23)c(F)c1.Cl. The number of nitrogens with two attached hydrogens (primary N) is 1. The van der Waals surface area contributed by atoms with Gasteiger partial charge in [0.15, 0.2) is 5.78 Å². The minimum absolute atomic E-state index is 0. The van der Waals surface area contributed by atoms with Gasteiger partial charge in [-0.3, -0.25) is 4.79 Å². The van der Waals surface area contributed by atoms with Gasteiger partial charge in [-0.05, 0) is 42.1 Å². The lowest BCUT2D eigenvalue weighted by atomic mass is 9.95. The highest BCUT2D eigenvalue weighted by Gasteiger charge is 2.22. The molecule has 0 spiro atoms. The summed E-state index contributed by atoms with van der Waals surface area (Å²) in [7, 11) is 0. The molecular weight excluding hydrogens is 350 g/mol. The quantitative estimate of drug-likeness (QED) is 0.691. The van der Waals surface area contributed by atoms with E-state index in [9.17, 15) is 18.7 Å². The highest BCUT2D eigenvalue weighted by Crippen LogP contribution is 2.28. The van der Waals surface area contributed by atoms with Gasteiger partial charge in [0, 0.05) is 23.2 Å². The van der Waals surface area contributed by atoms with Crippen LogP contribution in [0, 0.1) is 11.6 Å². The van der Waals surface area contributed by atoms with Crippen LogP contribution in [-0.4, -0.2) is 15.9 Å². The number of hydrogen-bond donors (Lipinski definition) is 2. The van der Waals surface area contributed by atoms with Crippen molar-refractivity contribution in [2.24, 2.45) is 5.73 Å². The van der Waals surface area contributed by atoms with Crippen molar-refractivity contribution in [1.82, 2.24) is 4.98 Å². The molecule has 1 aromatic heterocycles. The van der Waals surface area contributed by atoms with Gasteiger partial charge in [-0.15, -0.1) is 12.4 Å². The number of rotatable bonds is 3. The van der Waals surface area contributed by atoms with E-state index < -0.39 is 29.0 Å². The zero-order valence-electron chi connectivity index (χ0n) is 13.2. The fraction of sp³-hybridized carbons (Fsp3) is 0.111. The molecule has 2 aromatic carbocycles. The lowest BCUT2D eigenvalue weighted by Crippen LogP contribution is -2.12. The molecule has 0 aliphatic carbocycles. The molecule has 4 nitrogen and oxygen atoms in total. The summed E-state index contributed by atoms with van der Waals surface area (Å²) in [4.78, 5) is 16.4. The second-order valence-corrected chi connectivity index (χ2v) is 5.51. The van der Waals surface area contributed by atoms with Gasteiger partial charge < -0.3 is 10.8 Å². The average Bonchev–Trinajstić information content (AvgIpc) is 2.54. The van der Waals surface area contributed by atoms with E-state index in [4.69, 9.17) is 5.73 Å². The lowest BCUT2D eigenvalue weighted by molar-refractivity contribution is 0.103. The van der Waals surface area contributed by atoms with Crippen LogP contribution in [0.25, 0.3) is 10.8 Å². The molecule has 3 rings (SSSR count). The molecule has 0 saturated carbocycles. The molecule has 0 amide bonds. The average molecular weight is 365 g/mol. The number of nitrogens with zero attached hydrogens (tertiary/aromatic N) is 1. The Labute approximate surface area is 148 Å². The monoisotopic (exact) mass is 364 g/mol. The van der Waals surface area contributed by atoms with E-state index in [1.54, 1.807) is 13.0 Å². The first-order valence-electron chi connectivity index (χ1n) is 7.26. The third-order valence-corrected chi connectivity index (χ3v) is 3.85. The van der Waals surface area contributed by atoms with Crippen molar-refractivity contribution in [2.45, 2.75) is 13.0 Å². The largest absolute Gasteiger partial charge is 0.493 e. The fourth-order valence-electron chi connectivity index (χ4n) is 2.60. The van der Waals surface area contributed by atoms with E-state index in [0.717, 1.165) is 12.1 Å². The lowest BCUT2D eigenvalue weighted by Gasteiger charge is -2.11. The van der Waals surface area contributed by atoms with E-state index in [1.165, 1.54) is 24.4 Å². The third kappa shape index (κ3) is 3.31. The van der Waals surface area contributed by atoms with Crippen molar-refractivity contribution in [3.05, 3.63) is 70.9 Å². The molecule has 0 saturated heterocycles. The maximum atomic E-state index is 14.3. The Morgan fingerprint density at radius 2 is 1.80 bits per heavy atom. The normalized spacial score (nSPS) is 11.8. The predicted molar refractivity (Wildman–Crippen MR) is 93.0 cm³/mol. The summed E-state index contributed by atoms with van der Waals surface area (Å²) >= 11 is 0. The van der Waals surface area contributed by atoms with Gasteiger partial charge in [0.2, 0.25) is 5.88 Å². The number of benzene rings is 2. The predicted octanol–water partition coefficient (Wildman–Crippen LogP) is 3.89. The summed E-state index contributed by atoms with van der Waals surface area (Å²) in [6.45, 7) is 1.59. The minimum Gasteiger partial charge on any atom is -0.493 e. The van der Waals surface area contributed by atoms with Gasteiger partial charge in [0.1, 0.15) is 11.6 Å². The Morgan fingerprint density at radius 3 is 2.40 bits per heavy atom. The van der Waals surface area contributed by atoms with Crippen molar-refractivity contribution < 1.29 is 18.7 Å². The summed E-state index contributed by atoms with van der Waals surface area (Å²) in [6, 6.07) is 7.61. The van der Waals surface area contributed by atoms with Crippen LogP contribution in [0.3, 0.4) is 0 Å². The van der Waals surface area contributed by atoms with Crippen LogP contribution in [0.2, 0.25) is 0 Å². The smallest absolute Gasteiger partial charge is 0.218 e. The Morgan fingerprint density at radius 1 is 1.16 bits per heavy atom. The van der Waals surface area contributed by atoms with Gasteiger partial charge in [-0.25, -0.2) is 13.8 Å². The second-order valence-electron chi connectivity index (χ2n) is 5.51. The second kappa shape index (κ2) is 7.13. The van der Waals surface area contributed by atoms with Gasteiger partial charge in [-0.2, -0.15) is 0 Å². The highest BCUT2D eigenvalue weighted by molar-refractivity contribution is 6.17. The molecule has 130 valence electrons. The number of fused-ring (bicyclic) bond motifs is 1. The highest BCUT2D eigenvalue weighted by atomic mass is 35.5. The molecule has 3 aromatic rings. The first kappa shape index (κ1) is 18.8. The van der Waals surface area contributed by atoms with Crippen LogP contribution in [-0.2, 0) is 0 Å². The number of aromatic nitrogens is 1. The van der Waals surface area contributed by atoms with E-state index in [-0.39, 0.29) is 29.4 Å². The van der Waals surface area contributed by atoms with Crippen LogP contribution in [0.4, 0.5) is 8.78 Å². The molecule has 1 heterocycles. The number of pyridine rings is 1. The maximum absolute atomic E-state index is 14.3. The van der Waals surface area contributed by atoms with Gasteiger partial charge >= 0.3 is 0 Å². The van der Waals surface area contributed by atoms with Crippen molar-refractivity contribution in [3.8, 4) is 5.88 Å². The number of carbonyl (C=O) groups is 1. The molecule has 1 atom stereocenters. The topological polar surface area (TPSA) is 76.2 Å². The van der Waals surface area contributed by atoms with Crippen LogP contribution in [0.1, 0.15) is 34.5 Å². The van der Waals surface area contributed by atoms with Crippen molar-refractivity contribution in [2.75, 3.05) is 0 Å². The van der Waals surface area contributed by atoms with E-state index >= 15 is 0 Å². The molecule has 0 unspecified atom stereocenters. The van der Waals surface area contributed by atoms with Crippen LogP contribution in [0.15, 0.2) is 42.6 Å². The number of ketones is 1. The first-order valence-corrected chi connectivity index (χ1v) is 7.26. The Hall–Kier alpha value is -2.57. The zero-order valence-corrected chi connectivity index (χ0v) is 14.0. The summed E-state index contributed by atoms with van der Waals surface area (Å²) in [5.41, 5.74) is 5.32. The molecule has 0 radical (unpaired) electrons. The van der Waals surface area contributed by atoms with Gasteiger partial charge in [-0.1, -0.05) is 12.1 Å². The standard InChI is InChI=1S/C18H14F2N2O2.ClH/c1-9(21)10-7-14(19)16(15(20)8-10)17(23)12-3-2-4-13-11(12)5-6-22-18(13)24;/h2-9H,21H2,1H3,(H,22,24);1H/t9-;/m0./s1. The van der Waals surface area contributed by atoms with Gasteiger partial charge in [0.05, 0.1) is 5.56 Å². The van der Waals surface area contributed by atoms with Crippen molar-refractivity contribution in [1.29, 1.82) is 0 Å². The molecule has 0 aliphatic heterocycles. The van der Waals surface area contributed by atoms with Crippen molar-refractivity contribution >= 4 is 29.0 Å². The summed E-state index contributed by atoms with van der Waals surface area (Å²) in [6.07, 6.45) is 1.32. The molecule has 0 bridgehead atoms. The molecule has 7 heteroatoms. The third-order valence-electron chi connectivity index (χ3n) is 3.85.